The first-order chi connectivity index (χ1) is 12.5. The normalized spacial score (nSPS) is 17.4. The van der Waals surface area contributed by atoms with E-state index in [1.165, 1.54) is 25.3 Å². The van der Waals surface area contributed by atoms with Crippen molar-refractivity contribution in [1.29, 1.82) is 0 Å². The summed E-state index contributed by atoms with van der Waals surface area (Å²) >= 11 is 0. The highest BCUT2D eigenvalue weighted by molar-refractivity contribution is 5.99. The number of hydrogen-bond donors (Lipinski definition) is 2. The largest absolute Gasteiger partial charge is 0.494 e. The number of hydrogen-bond acceptors (Lipinski definition) is 6. The van der Waals surface area contributed by atoms with Gasteiger partial charge >= 0.3 is 5.97 Å². The number of halogens is 1. The molecule has 8 heteroatoms. The van der Waals surface area contributed by atoms with E-state index < -0.39 is 11.8 Å². The fourth-order valence-corrected chi connectivity index (χ4v) is 3.36. The molecule has 2 heterocycles. The molecule has 0 spiro atoms. The van der Waals surface area contributed by atoms with Crippen LogP contribution in [0.25, 0.3) is 11.3 Å². The second kappa shape index (κ2) is 7.74. The minimum Gasteiger partial charge on any atom is -0.494 e. The highest BCUT2D eigenvalue weighted by Crippen LogP contribution is 2.32. The van der Waals surface area contributed by atoms with E-state index in [0.29, 0.717) is 18.2 Å². The predicted molar refractivity (Wildman–Crippen MR) is 94.2 cm³/mol. The lowest BCUT2D eigenvalue weighted by molar-refractivity contribution is 0.0698. The van der Waals surface area contributed by atoms with Gasteiger partial charge < -0.3 is 19.7 Å². The number of carboxylic acids is 1. The van der Waals surface area contributed by atoms with Gasteiger partial charge in [-0.05, 0) is 44.1 Å². The Morgan fingerprint density at radius 3 is 3.04 bits per heavy atom. The average molecular weight is 363 g/mol. The first-order valence-corrected chi connectivity index (χ1v) is 8.60. The lowest BCUT2D eigenvalue weighted by atomic mass is 10.1. The van der Waals surface area contributed by atoms with Gasteiger partial charge in [0.15, 0.2) is 28.7 Å². The molecule has 7 nitrogen and oxygen atoms in total. The molecule has 0 saturated carbocycles. The lowest BCUT2D eigenvalue weighted by Crippen LogP contribution is -2.34. The summed E-state index contributed by atoms with van der Waals surface area (Å²) in [6, 6.07) is 4.37. The molecule has 1 aliphatic heterocycles. The molecule has 26 heavy (non-hydrogen) atoms. The maximum atomic E-state index is 13.6. The molecule has 3 rings (SSSR count). The zero-order chi connectivity index (χ0) is 18.7. The summed E-state index contributed by atoms with van der Waals surface area (Å²) in [6.07, 6.45) is 2.19. The molecule has 140 valence electrons. The van der Waals surface area contributed by atoms with Crippen molar-refractivity contribution >= 4 is 11.8 Å². The number of anilines is 1. The third-order valence-electron chi connectivity index (χ3n) is 4.73. The fourth-order valence-electron chi connectivity index (χ4n) is 3.36. The maximum Gasteiger partial charge on any atom is 0.343 e. The second-order valence-electron chi connectivity index (χ2n) is 6.20. The summed E-state index contributed by atoms with van der Waals surface area (Å²) in [5.74, 6) is -1.44. The number of methoxy groups -OCH3 is 1. The summed E-state index contributed by atoms with van der Waals surface area (Å²) in [4.78, 5) is 14.1. The summed E-state index contributed by atoms with van der Waals surface area (Å²) in [5.41, 5.74) is 0.317. The molecular formula is C18H22FN3O4. The van der Waals surface area contributed by atoms with Crippen LogP contribution < -0.4 is 10.1 Å². The van der Waals surface area contributed by atoms with Gasteiger partial charge in [-0.3, -0.25) is 4.90 Å². The molecule has 1 atom stereocenters. The predicted octanol–water partition coefficient (Wildman–Crippen LogP) is 3.08. The van der Waals surface area contributed by atoms with Crippen LogP contribution in [0.15, 0.2) is 22.7 Å². The molecular weight excluding hydrogens is 341 g/mol. The molecule has 1 aromatic heterocycles. The van der Waals surface area contributed by atoms with Crippen molar-refractivity contribution in [3.8, 4) is 17.1 Å². The van der Waals surface area contributed by atoms with Gasteiger partial charge in [0, 0.05) is 18.2 Å². The van der Waals surface area contributed by atoms with Crippen molar-refractivity contribution in [2.75, 3.05) is 32.1 Å². The summed E-state index contributed by atoms with van der Waals surface area (Å²) in [5, 5.41) is 16.6. The van der Waals surface area contributed by atoms with E-state index in [9.17, 15) is 14.3 Å². The van der Waals surface area contributed by atoms with Gasteiger partial charge in [0.05, 0.1) is 7.11 Å². The van der Waals surface area contributed by atoms with Crippen LogP contribution in [-0.2, 0) is 0 Å². The summed E-state index contributed by atoms with van der Waals surface area (Å²) in [6.45, 7) is 4.70. The quantitative estimate of drug-likeness (QED) is 0.781. The van der Waals surface area contributed by atoms with Crippen LogP contribution in [0.3, 0.4) is 0 Å². The van der Waals surface area contributed by atoms with Gasteiger partial charge in [0.1, 0.15) is 0 Å². The first-order valence-electron chi connectivity index (χ1n) is 8.60. The number of aromatic nitrogens is 1. The van der Waals surface area contributed by atoms with Gasteiger partial charge in [-0.25, -0.2) is 9.18 Å². The van der Waals surface area contributed by atoms with Crippen LogP contribution in [-0.4, -0.2) is 53.9 Å². The molecule has 1 aromatic carbocycles. The number of likely N-dealkylation sites (N-methyl/N-ethyl adjacent to an activating group) is 1. The number of carboxylic acid groups (broad SMARTS) is 1. The van der Waals surface area contributed by atoms with Crippen LogP contribution in [0.1, 0.15) is 30.1 Å². The Labute approximate surface area is 150 Å². The van der Waals surface area contributed by atoms with Crippen molar-refractivity contribution in [2.45, 2.75) is 25.8 Å². The van der Waals surface area contributed by atoms with Crippen LogP contribution in [0, 0.1) is 5.82 Å². The Kier molecular flexibility index (Phi) is 5.41. The third kappa shape index (κ3) is 3.50. The number of likely N-dealkylation sites (tertiary alicyclic amines) is 1. The molecule has 0 bridgehead atoms. The van der Waals surface area contributed by atoms with Gasteiger partial charge in [-0.15, -0.1) is 0 Å². The van der Waals surface area contributed by atoms with E-state index in [4.69, 9.17) is 9.26 Å². The molecule has 0 aliphatic carbocycles. The topological polar surface area (TPSA) is 87.8 Å². The highest BCUT2D eigenvalue weighted by atomic mass is 19.1. The molecule has 2 aromatic rings. The van der Waals surface area contributed by atoms with Crippen molar-refractivity contribution in [3.05, 3.63) is 29.6 Å². The highest BCUT2D eigenvalue weighted by Gasteiger charge is 2.27. The van der Waals surface area contributed by atoms with E-state index in [2.05, 4.69) is 22.3 Å². The molecule has 1 fully saturated rings. The van der Waals surface area contributed by atoms with Crippen molar-refractivity contribution in [2.24, 2.45) is 0 Å². The van der Waals surface area contributed by atoms with Gasteiger partial charge in [0.2, 0.25) is 0 Å². The Hall–Kier alpha value is -2.61. The summed E-state index contributed by atoms with van der Waals surface area (Å²) < 4.78 is 23.8. The number of benzene rings is 1. The average Bonchev–Trinajstić information content (AvgIpc) is 3.26. The number of nitrogens with zero attached hydrogens (tertiary/aromatic N) is 2. The number of nitrogens with one attached hydrogen (secondary N) is 1. The monoisotopic (exact) mass is 363 g/mol. The van der Waals surface area contributed by atoms with Crippen LogP contribution >= 0.6 is 0 Å². The Balaban J connectivity index is 1.86. The number of aromatic carboxylic acids is 1. The van der Waals surface area contributed by atoms with Crippen molar-refractivity contribution < 1.29 is 23.6 Å². The van der Waals surface area contributed by atoms with Crippen molar-refractivity contribution in [3.63, 3.8) is 0 Å². The molecule has 1 saturated heterocycles. The molecule has 0 amide bonds. The van der Waals surface area contributed by atoms with Gasteiger partial charge in [-0.2, -0.15) is 0 Å². The van der Waals surface area contributed by atoms with E-state index in [1.807, 2.05) is 0 Å². The zero-order valence-corrected chi connectivity index (χ0v) is 14.8. The number of ether oxygens (including phenoxy) is 1. The Morgan fingerprint density at radius 1 is 1.54 bits per heavy atom. The van der Waals surface area contributed by atoms with Crippen LogP contribution in [0.2, 0.25) is 0 Å². The minimum absolute atomic E-state index is 0.00860. The maximum absolute atomic E-state index is 13.6. The van der Waals surface area contributed by atoms with Crippen molar-refractivity contribution in [1.82, 2.24) is 10.1 Å². The van der Waals surface area contributed by atoms with Gasteiger partial charge in [0.25, 0.3) is 0 Å². The van der Waals surface area contributed by atoms with E-state index in [1.54, 1.807) is 0 Å². The Morgan fingerprint density at radius 2 is 2.35 bits per heavy atom. The molecule has 1 aliphatic rings. The zero-order valence-electron chi connectivity index (χ0n) is 14.8. The molecule has 0 radical (unpaired) electrons. The fraction of sp³-hybridized carbons (Fsp3) is 0.444. The van der Waals surface area contributed by atoms with Crippen LogP contribution in [0.5, 0.6) is 5.75 Å². The number of rotatable bonds is 7. The third-order valence-corrected chi connectivity index (χ3v) is 4.73. The van der Waals surface area contributed by atoms with E-state index in [0.717, 1.165) is 25.9 Å². The lowest BCUT2D eigenvalue weighted by Gasteiger charge is -2.22. The smallest absolute Gasteiger partial charge is 0.343 e. The van der Waals surface area contributed by atoms with E-state index in [-0.39, 0.29) is 22.9 Å². The first kappa shape index (κ1) is 18.2. The SMILES string of the molecule is CCN1CCC[C@H]1CNc1noc(-c2ccc(F)c(OC)c2)c1C(=O)O. The number of carbonyl (C=O) groups is 1. The van der Waals surface area contributed by atoms with Gasteiger partial charge in [-0.1, -0.05) is 12.1 Å². The minimum atomic E-state index is -1.16. The summed E-state index contributed by atoms with van der Waals surface area (Å²) in [7, 11) is 1.34. The standard InChI is InChI=1S/C18H22FN3O4/c1-3-22-8-4-5-12(22)10-20-17-15(18(23)24)16(26-21-17)11-6-7-13(19)14(9-11)25-2/h6-7,9,12H,3-5,8,10H2,1-2H3,(H,20,21)(H,23,24)/t12-/m0/s1. The van der Waals surface area contributed by atoms with E-state index >= 15 is 0 Å². The van der Waals surface area contributed by atoms with Crippen LogP contribution in [0.4, 0.5) is 10.2 Å². The Bertz CT molecular complexity index is 793. The molecule has 0 unspecified atom stereocenters. The molecule has 2 N–H and O–H groups in total. The second-order valence-corrected chi connectivity index (χ2v) is 6.20.